The number of ether oxygens (including phenoxy) is 2. The molecule has 0 aliphatic carbocycles. The van der Waals surface area contributed by atoms with Gasteiger partial charge in [-0.15, -0.1) is 0 Å². The Labute approximate surface area is 234 Å². The smallest absolute Gasteiger partial charge is 0.322 e. The van der Waals surface area contributed by atoms with Gasteiger partial charge in [0.15, 0.2) is 0 Å². The molecule has 8 heteroatoms. The van der Waals surface area contributed by atoms with E-state index in [2.05, 4.69) is 38.3 Å². The van der Waals surface area contributed by atoms with Crippen molar-refractivity contribution in [3.63, 3.8) is 0 Å². The summed E-state index contributed by atoms with van der Waals surface area (Å²) in [5.41, 5.74) is 0. The van der Waals surface area contributed by atoms with Crippen molar-refractivity contribution in [3.05, 3.63) is 12.2 Å². The lowest BCUT2D eigenvalue weighted by Gasteiger charge is -2.19. The fraction of sp³-hybridized carbons (Fsp3) is 0.862. The highest BCUT2D eigenvalue weighted by atomic mass is 32.1. The first-order valence-corrected chi connectivity index (χ1v) is 14.6. The second-order valence-corrected chi connectivity index (χ2v) is 9.90. The Hall–Kier alpha value is -1.09. The maximum absolute atomic E-state index is 12.1. The van der Waals surface area contributed by atoms with Crippen LogP contribution in [0.4, 0.5) is 0 Å². The molecule has 0 fully saturated rings. The fourth-order valence-corrected chi connectivity index (χ4v) is 3.74. The molecule has 1 N–H and O–H groups in total. The van der Waals surface area contributed by atoms with E-state index in [0.717, 1.165) is 76.5 Å². The van der Waals surface area contributed by atoms with Crippen LogP contribution in [0.15, 0.2) is 12.2 Å². The highest BCUT2D eigenvalue weighted by molar-refractivity contribution is 7.80. The van der Waals surface area contributed by atoms with Gasteiger partial charge in [0.05, 0.1) is 0 Å². The maximum Gasteiger partial charge on any atom is 0.322 e. The van der Waals surface area contributed by atoms with Crippen LogP contribution in [0.3, 0.4) is 0 Å². The molecule has 0 unspecified atom stereocenters. The van der Waals surface area contributed by atoms with Gasteiger partial charge in [0.1, 0.15) is 25.8 Å². The molecule has 0 radical (unpaired) electrons. The van der Waals surface area contributed by atoms with Gasteiger partial charge in [0, 0.05) is 12.3 Å². The van der Waals surface area contributed by atoms with E-state index in [1.165, 1.54) is 19.3 Å². The zero-order chi connectivity index (χ0) is 27.4. The lowest BCUT2D eigenvalue weighted by molar-refractivity contribution is -0.171. The summed E-state index contributed by atoms with van der Waals surface area (Å²) in [7, 11) is 4.08. The molecular formula is C29H60N2O5S. The van der Waals surface area contributed by atoms with Crippen LogP contribution in [0.1, 0.15) is 112 Å². The number of unbranched alkanes of at least 4 members (excludes halogenated alkanes) is 8. The average Bonchev–Trinajstić information content (AvgIpc) is 2.81. The number of allylic oxidation sites excluding steroid dienone is 1. The molecular weight excluding hydrogens is 488 g/mol. The Bertz CT molecular complexity index is 522. The lowest BCUT2D eigenvalue weighted by Crippen LogP contribution is -2.35. The summed E-state index contributed by atoms with van der Waals surface area (Å²) in [6, 6.07) is 0. The number of hydrogen-bond acceptors (Lipinski definition) is 8. The summed E-state index contributed by atoms with van der Waals surface area (Å²) in [5, 5.41) is 10.5. The maximum atomic E-state index is 12.1. The second kappa shape index (κ2) is 31.1. The number of rotatable bonds is 22. The zero-order valence-electron chi connectivity index (χ0n) is 23.9. The normalized spacial score (nSPS) is 11.0. The number of thiol groups is 1. The standard InChI is InChI=1S/C24H45NO5.C4H11NS.CH4/c1-4-7-10-11-12-13-16-19-29-23(26)20-25(28)21-24(27)30-22(17-14-8-5-2)18-15-9-6-3;1-5(2)3-4-6;/h13,16,22,28H,4-12,14-15,17-21H2,1-3H3;6H,3-4H2,1-2H3;1H4/b16-13-;;. The molecule has 0 aromatic heterocycles. The van der Waals surface area contributed by atoms with Crippen molar-refractivity contribution in [2.75, 3.05) is 46.1 Å². The van der Waals surface area contributed by atoms with Crippen LogP contribution in [-0.4, -0.2) is 79.3 Å². The van der Waals surface area contributed by atoms with Gasteiger partial charge in [0.2, 0.25) is 0 Å². The third kappa shape index (κ3) is 32.9. The van der Waals surface area contributed by atoms with Crippen LogP contribution >= 0.6 is 12.6 Å². The summed E-state index contributed by atoms with van der Waals surface area (Å²) in [4.78, 5) is 26.0. The predicted molar refractivity (Wildman–Crippen MR) is 160 cm³/mol. The topological polar surface area (TPSA) is 79.3 Å². The van der Waals surface area contributed by atoms with Crippen molar-refractivity contribution in [1.29, 1.82) is 0 Å². The molecule has 0 saturated heterocycles. The average molecular weight is 549 g/mol. The Morgan fingerprint density at radius 1 is 0.838 bits per heavy atom. The van der Waals surface area contributed by atoms with Crippen LogP contribution in [0.25, 0.3) is 0 Å². The van der Waals surface area contributed by atoms with E-state index < -0.39 is 11.9 Å². The second-order valence-electron chi connectivity index (χ2n) is 9.46. The zero-order valence-corrected chi connectivity index (χ0v) is 24.8. The van der Waals surface area contributed by atoms with Crippen LogP contribution in [0.2, 0.25) is 0 Å². The number of esters is 2. The minimum atomic E-state index is -0.566. The van der Waals surface area contributed by atoms with Gasteiger partial charge in [-0.3, -0.25) is 9.59 Å². The highest BCUT2D eigenvalue weighted by Crippen LogP contribution is 2.14. The van der Waals surface area contributed by atoms with Crippen molar-refractivity contribution in [1.82, 2.24) is 9.96 Å². The van der Waals surface area contributed by atoms with Gasteiger partial charge in [-0.1, -0.05) is 85.3 Å². The lowest BCUT2D eigenvalue weighted by atomic mass is 10.0. The first-order valence-electron chi connectivity index (χ1n) is 14.0. The van der Waals surface area contributed by atoms with E-state index in [4.69, 9.17) is 9.47 Å². The number of carbonyl (C=O) groups is 2. The van der Waals surface area contributed by atoms with Crippen molar-refractivity contribution in [3.8, 4) is 0 Å². The van der Waals surface area contributed by atoms with Crippen molar-refractivity contribution >= 4 is 24.6 Å². The molecule has 37 heavy (non-hydrogen) atoms. The molecule has 0 aliphatic rings. The Morgan fingerprint density at radius 2 is 1.38 bits per heavy atom. The number of hydrogen-bond donors (Lipinski definition) is 2. The third-order valence-corrected chi connectivity index (χ3v) is 5.66. The molecule has 0 amide bonds. The first kappa shape index (κ1) is 40.4. The Balaban J connectivity index is -0.00000146. The highest BCUT2D eigenvalue weighted by Gasteiger charge is 2.18. The predicted octanol–water partition coefficient (Wildman–Crippen LogP) is 6.93. The van der Waals surface area contributed by atoms with Crippen molar-refractivity contribution < 1.29 is 24.3 Å². The number of carbonyl (C=O) groups excluding carboxylic acids is 2. The molecule has 0 bridgehead atoms. The summed E-state index contributed by atoms with van der Waals surface area (Å²) < 4.78 is 10.6. The Morgan fingerprint density at radius 3 is 1.86 bits per heavy atom. The van der Waals surface area contributed by atoms with E-state index in [0.29, 0.717) is 5.06 Å². The molecule has 0 saturated carbocycles. The van der Waals surface area contributed by atoms with Crippen LogP contribution < -0.4 is 0 Å². The van der Waals surface area contributed by atoms with E-state index >= 15 is 0 Å². The molecule has 222 valence electrons. The van der Waals surface area contributed by atoms with Gasteiger partial charge >= 0.3 is 11.9 Å². The van der Waals surface area contributed by atoms with Crippen molar-refractivity contribution in [2.24, 2.45) is 0 Å². The quantitative estimate of drug-likeness (QED) is 0.0499. The van der Waals surface area contributed by atoms with Crippen molar-refractivity contribution in [2.45, 2.75) is 118 Å². The van der Waals surface area contributed by atoms with Gasteiger partial charge < -0.3 is 19.6 Å². The summed E-state index contributed by atoms with van der Waals surface area (Å²) in [6.45, 7) is 7.04. The van der Waals surface area contributed by atoms with Crippen LogP contribution in [-0.2, 0) is 19.1 Å². The summed E-state index contributed by atoms with van der Waals surface area (Å²) >= 11 is 4.02. The first-order chi connectivity index (χ1) is 17.3. The van der Waals surface area contributed by atoms with Gasteiger partial charge in [0.25, 0.3) is 0 Å². The van der Waals surface area contributed by atoms with Gasteiger partial charge in [-0.2, -0.15) is 17.7 Å². The van der Waals surface area contributed by atoms with E-state index in [1.807, 2.05) is 26.2 Å². The molecule has 0 aliphatic heterocycles. The summed E-state index contributed by atoms with van der Waals surface area (Å²) in [6.07, 6.45) is 17.7. The minimum absolute atomic E-state index is 0. The van der Waals surface area contributed by atoms with Gasteiger partial charge in [-0.05, 0) is 52.6 Å². The molecule has 0 spiro atoms. The third-order valence-electron chi connectivity index (χ3n) is 5.46. The monoisotopic (exact) mass is 548 g/mol. The minimum Gasteiger partial charge on any atom is -0.461 e. The molecule has 0 aromatic carbocycles. The van der Waals surface area contributed by atoms with Crippen LogP contribution in [0, 0.1) is 0 Å². The molecule has 0 atom stereocenters. The van der Waals surface area contributed by atoms with E-state index in [9.17, 15) is 14.8 Å². The SMILES string of the molecule is C.CCCCCC/C=C\COC(=O)CN(O)CC(=O)OC(CCCCC)CCCCC.CN(C)CCS. The Kier molecular flexibility index (Phi) is 34.0. The van der Waals surface area contributed by atoms with E-state index in [1.54, 1.807) is 0 Å². The van der Waals surface area contributed by atoms with Gasteiger partial charge in [-0.25, -0.2) is 0 Å². The number of hydroxylamine groups is 2. The summed E-state index contributed by atoms with van der Waals surface area (Å²) in [5.74, 6) is -0.119. The molecule has 0 heterocycles. The van der Waals surface area contributed by atoms with Crippen LogP contribution in [0.5, 0.6) is 0 Å². The van der Waals surface area contributed by atoms with E-state index in [-0.39, 0.29) is 33.2 Å². The molecule has 0 rings (SSSR count). The molecule has 7 nitrogen and oxygen atoms in total. The molecule has 0 aromatic rings. The number of nitrogens with zero attached hydrogens (tertiary/aromatic N) is 2. The fourth-order valence-electron chi connectivity index (χ4n) is 3.34. The largest absolute Gasteiger partial charge is 0.461 e.